The number of nitrogens with zero attached hydrogens (tertiary/aromatic N) is 2. The zero-order valence-corrected chi connectivity index (χ0v) is 13.8. The Bertz CT molecular complexity index is 775. The number of benzene rings is 1. The summed E-state index contributed by atoms with van der Waals surface area (Å²) in [5, 5.41) is 0.248. The quantitative estimate of drug-likeness (QED) is 0.854. The lowest BCUT2D eigenvalue weighted by molar-refractivity contribution is 0.123. The molecule has 1 aliphatic rings. The van der Waals surface area contributed by atoms with E-state index in [4.69, 9.17) is 16.3 Å². The molecule has 3 rings (SSSR count). The molecule has 0 aliphatic carbocycles. The highest BCUT2D eigenvalue weighted by molar-refractivity contribution is 7.92. The van der Waals surface area contributed by atoms with Crippen LogP contribution >= 0.6 is 11.6 Å². The van der Waals surface area contributed by atoms with E-state index in [1.165, 1.54) is 18.3 Å². The lowest BCUT2D eigenvalue weighted by atomic mass is 10.2. The number of sulfonamides is 1. The van der Waals surface area contributed by atoms with Crippen molar-refractivity contribution in [3.05, 3.63) is 47.7 Å². The number of rotatable bonds is 4. The summed E-state index contributed by atoms with van der Waals surface area (Å²) in [4.78, 5) is 5.99. The monoisotopic (exact) mass is 353 g/mol. The first-order chi connectivity index (χ1) is 11.1. The Labute approximate surface area is 140 Å². The Balaban J connectivity index is 1.89. The highest BCUT2D eigenvalue weighted by Crippen LogP contribution is 2.28. The normalized spacial score (nSPS) is 15.4. The molecule has 1 N–H and O–H groups in total. The van der Waals surface area contributed by atoms with Crippen molar-refractivity contribution in [1.82, 2.24) is 4.98 Å². The number of hydrogen-bond donors (Lipinski definition) is 1. The van der Waals surface area contributed by atoms with Crippen molar-refractivity contribution in [3.8, 4) is 0 Å². The number of halogens is 1. The molecule has 0 bridgehead atoms. The van der Waals surface area contributed by atoms with Gasteiger partial charge < -0.3 is 9.64 Å². The summed E-state index contributed by atoms with van der Waals surface area (Å²) in [6, 6.07) is 10.2. The van der Waals surface area contributed by atoms with Gasteiger partial charge in [0.05, 0.1) is 24.6 Å². The fraction of sp³-hybridized carbons (Fsp3) is 0.267. The molecule has 2 heterocycles. The number of ether oxygens (including phenoxy) is 1. The molecule has 0 radical (unpaired) electrons. The Morgan fingerprint density at radius 3 is 2.57 bits per heavy atom. The van der Waals surface area contributed by atoms with E-state index < -0.39 is 10.0 Å². The van der Waals surface area contributed by atoms with Crippen molar-refractivity contribution in [2.45, 2.75) is 4.90 Å². The predicted octanol–water partition coefficient (Wildman–Crippen LogP) is 2.37. The van der Waals surface area contributed by atoms with Crippen LogP contribution in [0.15, 0.2) is 47.5 Å². The second kappa shape index (κ2) is 6.74. The number of pyridine rings is 1. The summed E-state index contributed by atoms with van der Waals surface area (Å²) in [5.74, 6) is 0. The topological polar surface area (TPSA) is 71.5 Å². The van der Waals surface area contributed by atoms with Gasteiger partial charge in [0, 0.05) is 19.3 Å². The smallest absolute Gasteiger partial charge is 0.263 e. The summed E-state index contributed by atoms with van der Waals surface area (Å²) in [5.41, 5.74) is 1.37. The van der Waals surface area contributed by atoms with Crippen molar-refractivity contribution in [1.29, 1.82) is 0 Å². The minimum absolute atomic E-state index is 0.0682. The van der Waals surface area contributed by atoms with Crippen LogP contribution in [0, 0.1) is 0 Å². The molecule has 0 amide bonds. The van der Waals surface area contributed by atoms with Crippen LogP contribution < -0.4 is 9.62 Å². The molecule has 1 aromatic carbocycles. The van der Waals surface area contributed by atoms with E-state index in [1.54, 1.807) is 12.1 Å². The molecule has 0 unspecified atom stereocenters. The summed E-state index contributed by atoms with van der Waals surface area (Å²) >= 11 is 5.70. The van der Waals surface area contributed by atoms with Crippen LogP contribution in [-0.2, 0) is 14.8 Å². The van der Waals surface area contributed by atoms with E-state index in [0.29, 0.717) is 18.9 Å². The van der Waals surface area contributed by atoms with Gasteiger partial charge in [-0.05, 0) is 24.3 Å². The minimum atomic E-state index is -3.72. The van der Waals surface area contributed by atoms with Gasteiger partial charge in [-0.15, -0.1) is 0 Å². The van der Waals surface area contributed by atoms with E-state index in [9.17, 15) is 8.42 Å². The zero-order chi connectivity index (χ0) is 16.3. The number of anilines is 2. The molecule has 8 heteroatoms. The van der Waals surface area contributed by atoms with Crippen LogP contribution in [0.25, 0.3) is 0 Å². The number of nitrogens with one attached hydrogen (secondary N) is 1. The molecule has 1 saturated heterocycles. The SMILES string of the molecule is O=S(=O)(Nc1ccccc1N1CCOCC1)c1ccc(Cl)nc1. The second-order valence-corrected chi connectivity index (χ2v) is 7.11. The van der Waals surface area contributed by atoms with Gasteiger partial charge in [-0.1, -0.05) is 23.7 Å². The van der Waals surface area contributed by atoms with Gasteiger partial charge >= 0.3 is 0 Å². The van der Waals surface area contributed by atoms with E-state index >= 15 is 0 Å². The Morgan fingerprint density at radius 1 is 1.13 bits per heavy atom. The average Bonchev–Trinajstić information content (AvgIpc) is 2.56. The standard InChI is InChI=1S/C15H16ClN3O3S/c16-15-6-5-12(11-17-15)23(20,21)18-13-3-1-2-4-14(13)19-7-9-22-10-8-19/h1-6,11,18H,7-10H2. The Hall–Kier alpha value is -1.83. The maximum absolute atomic E-state index is 12.5. The summed E-state index contributed by atoms with van der Waals surface area (Å²) in [6.45, 7) is 2.70. The number of para-hydroxylation sites is 2. The second-order valence-electron chi connectivity index (χ2n) is 5.04. The Kier molecular flexibility index (Phi) is 4.70. The maximum atomic E-state index is 12.5. The molecular weight excluding hydrogens is 338 g/mol. The number of aromatic nitrogens is 1. The summed E-state index contributed by atoms with van der Waals surface area (Å²) < 4.78 is 33.0. The fourth-order valence-electron chi connectivity index (χ4n) is 2.36. The van der Waals surface area contributed by atoms with Gasteiger partial charge in [0.2, 0.25) is 0 Å². The van der Waals surface area contributed by atoms with Crippen molar-refractivity contribution in [2.75, 3.05) is 35.9 Å². The number of morpholine rings is 1. The highest BCUT2D eigenvalue weighted by Gasteiger charge is 2.19. The lowest BCUT2D eigenvalue weighted by Crippen LogP contribution is -2.36. The molecule has 1 aliphatic heterocycles. The van der Waals surface area contributed by atoms with Crippen molar-refractivity contribution in [2.24, 2.45) is 0 Å². The molecular formula is C15H16ClN3O3S. The third-order valence-electron chi connectivity index (χ3n) is 3.51. The van der Waals surface area contributed by atoms with Gasteiger partial charge in [-0.2, -0.15) is 0 Å². The fourth-order valence-corrected chi connectivity index (χ4v) is 3.50. The molecule has 6 nitrogen and oxygen atoms in total. The van der Waals surface area contributed by atoms with Crippen LogP contribution in [-0.4, -0.2) is 39.7 Å². The van der Waals surface area contributed by atoms with Gasteiger partial charge in [0.25, 0.3) is 10.0 Å². The molecule has 1 aromatic heterocycles. The molecule has 0 spiro atoms. The maximum Gasteiger partial charge on any atom is 0.263 e. The Morgan fingerprint density at radius 2 is 1.87 bits per heavy atom. The first-order valence-corrected chi connectivity index (χ1v) is 8.98. The van der Waals surface area contributed by atoms with E-state index in [-0.39, 0.29) is 10.0 Å². The van der Waals surface area contributed by atoms with Crippen molar-refractivity contribution in [3.63, 3.8) is 0 Å². The van der Waals surface area contributed by atoms with Crippen LogP contribution in [0.4, 0.5) is 11.4 Å². The third-order valence-corrected chi connectivity index (χ3v) is 5.09. The van der Waals surface area contributed by atoms with E-state index in [2.05, 4.69) is 14.6 Å². The van der Waals surface area contributed by atoms with Crippen LogP contribution in [0.1, 0.15) is 0 Å². The van der Waals surface area contributed by atoms with Crippen molar-refractivity contribution < 1.29 is 13.2 Å². The summed E-state index contributed by atoms with van der Waals surface area (Å²) in [7, 11) is -3.72. The minimum Gasteiger partial charge on any atom is -0.378 e. The van der Waals surface area contributed by atoms with Crippen LogP contribution in [0.2, 0.25) is 5.15 Å². The van der Waals surface area contributed by atoms with Gasteiger partial charge in [-0.3, -0.25) is 4.72 Å². The number of hydrogen-bond acceptors (Lipinski definition) is 5. The van der Waals surface area contributed by atoms with Crippen LogP contribution in [0.3, 0.4) is 0 Å². The highest BCUT2D eigenvalue weighted by atomic mass is 35.5. The van der Waals surface area contributed by atoms with Crippen LogP contribution in [0.5, 0.6) is 0 Å². The van der Waals surface area contributed by atoms with Gasteiger partial charge in [-0.25, -0.2) is 13.4 Å². The lowest BCUT2D eigenvalue weighted by Gasteiger charge is -2.30. The average molecular weight is 354 g/mol. The third kappa shape index (κ3) is 3.74. The van der Waals surface area contributed by atoms with E-state index in [1.807, 2.05) is 12.1 Å². The molecule has 2 aromatic rings. The molecule has 23 heavy (non-hydrogen) atoms. The predicted molar refractivity (Wildman–Crippen MR) is 89.5 cm³/mol. The zero-order valence-electron chi connectivity index (χ0n) is 12.3. The van der Waals surface area contributed by atoms with E-state index in [0.717, 1.165) is 18.8 Å². The first kappa shape index (κ1) is 16.0. The van der Waals surface area contributed by atoms with Gasteiger partial charge in [0.15, 0.2) is 0 Å². The molecule has 122 valence electrons. The van der Waals surface area contributed by atoms with Gasteiger partial charge in [0.1, 0.15) is 10.0 Å². The molecule has 1 fully saturated rings. The first-order valence-electron chi connectivity index (χ1n) is 7.12. The summed E-state index contributed by atoms with van der Waals surface area (Å²) in [6.07, 6.45) is 1.24. The van der Waals surface area contributed by atoms with Crippen molar-refractivity contribution >= 4 is 33.0 Å². The molecule has 0 atom stereocenters. The molecule has 0 saturated carbocycles. The largest absolute Gasteiger partial charge is 0.378 e.